The van der Waals surface area contributed by atoms with Crippen LogP contribution < -0.4 is 10.6 Å². The molecule has 0 radical (unpaired) electrons. The average molecular weight is 239 g/mol. The van der Waals surface area contributed by atoms with Gasteiger partial charge in [0.2, 0.25) is 5.91 Å². The van der Waals surface area contributed by atoms with Crippen molar-refractivity contribution in [2.24, 2.45) is 0 Å². The van der Waals surface area contributed by atoms with E-state index in [2.05, 4.69) is 22.5 Å². The summed E-state index contributed by atoms with van der Waals surface area (Å²) in [4.78, 5) is 14.0. The van der Waals surface area contributed by atoms with Crippen LogP contribution in [0.3, 0.4) is 0 Å². The zero-order valence-corrected chi connectivity index (χ0v) is 10.9. The Morgan fingerprint density at radius 1 is 1.35 bits per heavy atom. The fraction of sp³-hybridized carbons (Fsp3) is 0.923. The summed E-state index contributed by atoms with van der Waals surface area (Å²) in [6.45, 7) is 6.61. The second-order valence-electron chi connectivity index (χ2n) is 5.45. The number of hydrogen-bond donors (Lipinski definition) is 2. The van der Waals surface area contributed by atoms with Crippen molar-refractivity contribution in [1.29, 1.82) is 0 Å². The highest BCUT2D eigenvalue weighted by molar-refractivity contribution is 5.76. The molecule has 0 spiro atoms. The lowest BCUT2D eigenvalue weighted by molar-refractivity contribution is -0.121. The molecule has 1 heterocycles. The Hall–Kier alpha value is -0.610. The smallest absolute Gasteiger partial charge is 0.221 e. The van der Waals surface area contributed by atoms with E-state index < -0.39 is 0 Å². The average Bonchev–Trinajstić information content (AvgIpc) is 2.93. The lowest BCUT2D eigenvalue weighted by atomic mass is 10.3. The maximum atomic E-state index is 11.5. The van der Waals surface area contributed by atoms with Crippen molar-refractivity contribution < 1.29 is 4.79 Å². The van der Waals surface area contributed by atoms with E-state index in [9.17, 15) is 4.79 Å². The van der Waals surface area contributed by atoms with Gasteiger partial charge in [-0.15, -0.1) is 0 Å². The summed E-state index contributed by atoms with van der Waals surface area (Å²) >= 11 is 0. The molecule has 1 amide bonds. The monoisotopic (exact) mass is 239 g/mol. The van der Waals surface area contributed by atoms with E-state index in [1.807, 2.05) is 0 Å². The Bertz CT molecular complexity index is 247. The minimum absolute atomic E-state index is 0.202. The van der Waals surface area contributed by atoms with E-state index in [-0.39, 0.29) is 5.91 Å². The Morgan fingerprint density at radius 3 is 2.71 bits per heavy atom. The lowest BCUT2D eigenvalue weighted by Gasteiger charge is -2.21. The van der Waals surface area contributed by atoms with Gasteiger partial charge in [-0.25, -0.2) is 0 Å². The molecule has 2 N–H and O–H groups in total. The maximum Gasteiger partial charge on any atom is 0.221 e. The lowest BCUT2D eigenvalue weighted by Crippen LogP contribution is -2.39. The molecule has 17 heavy (non-hydrogen) atoms. The summed E-state index contributed by atoms with van der Waals surface area (Å²) in [5.74, 6) is 0.202. The highest BCUT2D eigenvalue weighted by Crippen LogP contribution is 2.18. The Balaban J connectivity index is 1.49. The minimum Gasteiger partial charge on any atom is -0.353 e. The Kier molecular flexibility index (Phi) is 4.80. The van der Waals surface area contributed by atoms with E-state index in [0.717, 1.165) is 13.1 Å². The molecule has 1 atom stereocenters. The van der Waals surface area contributed by atoms with Gasteiger partial charge in [-0.05, 0) is 45.7 Å². The first kappa shape index (κ1) is 12.8. The van der Waals surface area contributed by atoms with Crippen LogP contribution in [-0.2, 0) is 4.79 Å². The molecule has 0 bridgehead atoms. The largest absolute Gasteiger partial charge is 0.353 e. The quantitative estimate of drug-likeness (QED) is 0.688. The van der Waals surface area contributed by atoms with Gasteiger partial charge in [-0.2, -0.15) is 0 Å². The standard InChI is InChI=1S/C13H25N3O/c1-11(10-16-8-2-3-9-16)14-7-6-13(17)15-12-4-5-12/h11-12,14H,2-10H2,1H3,(H,15,17). The van der Waals surface area contributed by atoms with Gasteiger partial charge in [0.1, 0.15) is 0 Å². The summed E-state index contributed by atoms with van der Waals surface area (Å²) in [5.41, 5.74) is 0. The van der Waals surface area contributed by atoms with Crippen molar-refractivity contribution in [3.05, 3.63) is 0 Å². The normalized spacial score (nSPS) is 22.6. The van der Waals surface area contributed by atoms with Crippen molar-refractivity contribution in [2.75, 3.05) is 26.2 Å². The number of carbonyl (C=O) groups is 1. The summed E-state index contributed by atoms with van der Waals surface area (Å²) in [6.07, 6.45) is 5.64. The number of amides is 1. The predicted molar refractivity (Wildman–Crippen MR) is 68.9 cm³/mol. The molecule has 4 nitrogen and oxygen atoms in total. The zero-order valence-electron chi connectivity index (χ0n) is 10.9. The van der Waals surface area contributed by atoms with Crippen LogP contribution in [0.2, 0.25) is 0 Å². The van der Waals surface area contributed by atoms with E-state index in [1.165, 1.54) is 38.8 Å². The number of carbonyl (C=O) groups excluding carboxylic acids is 1. The van der Waals surface area contributed by atoms with Crippen LogP contribution in [0.25, 0.3) is 0 Å². The molecule has 1 saturated carbocycles. The molecular formula is C13H25N3O. The topological polar surface area (TPSA) is 44.4 Å². The van der Waals surface area contributed by atoms with Gasteiger partial charge < -0.3 is 15.5 Å². The summed E-state index contributed by atoms with van der Waals surface area (Å²) in [5, 5.41) is 6.44. The van der Waals surface area contributed by atoms with E-state index in [4.69, 9.17) is 0 Å². The minimum atomic E-state index is 0.202. The van der Waals surface area contributed by atoms with Crippen LogP contribution in [0.5, 0.6) is 0 Å². The molecule has 2 fully saturated rings. The molecule has 1 aliphatic carbocycles. The molecule has 2 rings (SSSR count). The van der Waals surface area contributed by atoms with Gasteiger partial charge in [0.25, 0.3) is 0 Å². The SMILES string of the molecule is CC(CN1CCCC1)NCCC(=O)NC1CC1. The van der Waals surface area contributed by atoms with E-state index in [0.29, 0.717) is 18.5 Å². The second kappa shape index (κ2) is 6.36. The molecule has 1 unspecified atom stereocenters. The van der Waals surface area contributed by atoms with Crippen LogP contribution >= 0.6 is 0 Å². The first-order chi connectivity index (χ1) is 8.24. The van der Waals surface area contributed by atoms with Crippen LogP contribution in [0.4, 0.5) is 0 Å². The second-order valence-corrected chi connectivity index (χ2v) is 5.45. The Labute approximate surface area is 104 Å². The third-order valence-corrected chi connectivity index (χ3v) is 3.52. The van der Waals surface area contributed by atoms with Gasteiger partial charge in [-0.3, -0.25) is 4.79 Å². The van der Waals surface area contributed by atoms with Crippen LogP contribution in [0.1, 0.15) is 39.0 Å². The first-order valence-corrected chi connectivity index (χ1v) is 6.99. The maximum absolute atomic E-state index is 11.5. The van der Waals surface area contributed by atoms with Crippen molar-refractivity contribution in [3.8, 4) is 0 Å². The molecular weight excluding hydrogens is 214 g/mol. The fourth-order valence-electron chi connectivity index (χ4n) is 2.38. The van der Waals surface area contributed by atoms with E-state index >= 15 is 0 Å². The molecule has 2 aliphatic rings. The summed E-state index contributed by atoms with van der Waals surface area (Å²) in [6, 6.07) is 0.978. The first-order valence-electron chi connectivity index (χ1n) is 6.99. The number of rotatable bonds is 7. The van der Waals surface area contributed by atoms with Gasteiger partial charge in [0.05, 0.1) is 0 Å². The molecule has 0 aromatic rings. The third-order valence-electron chi connectivity index (χ3n) is 3.52. The predicted octanol–water partition coefficient (Wildman–Crippen LogP) is 0.729. The van der Waals surface area contributed by atoms with Crippen molar-refractivity contribution in [2.45, 2.75) is 51.1 Å². The molecule has 1 aliphatic heterocycles. The van der Waals surface area contributed by atoms with Crippen LogP contribution in [-0.4, -0.2) is 49.1 Å². The summed E-state index contributed by atoms with van der Waals surface area (Å²) < 4.78 is 0. The molecule has 1 saturated heterocycles. The van der Waals surface area contributed by atoms with Gasteiger partial charge >= 0.3 is 0 Å². The molecule has 4 heteroatoms. The third kappa shape index (κ3) is 5.04. The van der Waals surface area contributed by atoms with E-state index in [1.54, 1.807) is 0 Å². The van der Waals surface area contributed by atoms with Crippen LogP contribution in [0.15, 0.2) is 0 Å². The highest BCUT2D eigenvalue weighted by Gasteiger charge is 2.22. The van der Waals surface area contributed by atoms with Crippen molar-refractivity contribution >= 4 is 5.91 Å². The fourth-order valence-corrected chi connectivity index (χ4v) is 2.38. The molecule has 0 aromatic carbocycles. The Morgan fingerprint density at radius 2 is 2.06 bits per heavy atom. The van der Waals surface area contributed by atoms with Crippen molar-refractivity contribution in [3.63, 3.8) is 0 Å². The van der Waals surface area contributed by atoms with Gasteiger partial charge in [0.15, 0.2) is 0 Å². The molecule has 98 valence electrons. The van der Waals surface area contributed by atoms with Gasteiger partial charge in [0, 0.05) is 31.6 Å². The number of nitrogens with one attached hydrogen (secondary N) is 2. The van der Waals surface area contributed by atoms with Crippen LogP contribution in [0, 0.1) is 0 Å². The number of likely N-dealkylation sites (tertiary alicyclic amines) is 1. The number of hydrogen-bond acceptors (Lipinski definition) is 3. The highest BCUT2D eigenvalue weighted by atomic mass is 16.1. The zero-order chi connectivity index (χ0) is 12.1. The number of nitrogens with zero attached hydrogens (tertiary/aromatic N) is 1. The van der Waals surface area contributed by atoms with Gasteiger partial charge in [-0.1, -0.05) is 0 Å². The molecule has 0 aromatic heterocycles. The summed E-state index contributed by atoms with van der Waals surface area (Å²) in [7, 11) is 0. The van der Waals surface area contributed by atoms with Crippen molar-refractivity contribution in [1.82, 2.24) is 15.5 Å².